The average molecular weight is 190 g/mol. The van der Waals surface area contributed by atoms with Gasteiger partial charge in [-0.05, 0) is 24.1 Å². The van der Waals surface area contributed by atoms with Crippen LogP contribution < -0.4 is 5.73 Å². The van der Waals surface area contributed by atoms with Crippen molar-refractivity contribution in [1.82, 2.24) is 0 Å². The fraction of sp³-hybridized carbons (Fsp3) is 0.200. The Morgan fingerprint density at radius 2 is 2.29 bits per heavy atom. The third-order valence-electron chi connectivity index (χ3n) is 1.87. The van der Waals surface area contributed by atoms with Crippen LogP contribution in [-0.4, -0.2) is 11.0 Å². The Hall–Kier alpha value is -2.02. The lowest BCUT2D eigenvalue weighted by Crippen LogP contribution is -2.13. The number of aromatic hydroxyl groups is 1. The van der Waals surface area contributed by atoms with Gasteiger partial charge in [-0.2, -0.15) is 5.26 Å². The van der Waals surface area contributed by atoms with E-state index in [1.165, 1.54) is 12.1 Å². The molecule has 4 nitrogen and oxygen atoms in total. The van der Waals surface area contributed by atoms with E-state index in [2.05, 4.69) is 0 Å². The van der Waals surface area contributed by atoms with E-state index in [1.807, 2.05) is 6.07 Å². The van der Waals surface area contributed by atoms with Gasteiger partial charge in [0.1, 0.15) is 5.75 Å². The van der Waals surface area contributed by atoms with Crippen LogP contribution in [0.1, 0.15) is 22.3 Å². The molecule has 1 aromatic carbocycles. The van der Waals surface area contributed by atoms with Crippen LogP contribution in [0.3, 0.4) is 0 Å². The summed E-state index contributed by atoms with van der Waals surface area (Å²) in [5.74, 6) is -0.589. The summed E-state index contributed by atoms with van der Waals surface area (Å²) in [6.07, 6.45) is 0.792. The lowest BCUT2D eigenvalue weighted by atomic mass is 10.0. The topological polar surface area (TPSA) is 87.1 Å². The lowest BCUT2D eigenvalue weighted by Gasteiger charge is -2.04. The van der Waals surface area contributed by atoms with Gasteiger partial charge in [0.25, 0.3) is 0 Å². The highest BCUT2D eigenvalue weighted by molar-refractivity contribution is 5.94. The highest BCUT2D eigenvalue weighted by Gasteiger charge is 2.08. The van der Waals surface area contributed by atoms with E-state index in [1.54, 1.807) is 6.07 Å². The molecule has 0 aromatic heterocycles. The predicted octanol–water partition coefficient (Wildman–Crippen LogP) is 0.947. The summed E-state index contributed by atoms with van der Waals surface area (Å²) in [5, 5.41) is 17.5. The molecule has 1 rings (SSSR count). The Morgan fingerprint density at radius 3 is 2.86 bits per heavy atom. The molecule has 0 atom stereocenters. The second kappa shape index (κ2) is 4.28. The third kappa shape index (κ3) is 2.23. The van der Waals surface area contributed by atoms with Crippen LogP contribution in [0, 0.1) is 11.3 Å². The van der Waals surface area contributed by atoms with Gasteiger partial charge in [-0.25, -0.2) is 0 Å². The zero-order chi connectivity index (χ0) is 10.6. The van der Waals surface area contributed by atoms with Crippen LogP contribution in [0.25, 0.3) is 0 Å². The smallest absolute Gasteiger partial charge is 0.249 e. The molecule has 0 unspecified atom stereocenters. The Kier molecular flexibility index (Phi) is 3.08. The van der Waals surface area contributed by atoms with E-state index >= 15 is 0 Å². The van der Waals surface area contributed by atoms with E-state index in [4.69, 9.17) is 16.1 Å². The Morgan fingerprint density at radius 1 is 1.57 bits per heavy atom. The number of phenols is 1. The van der Waals surface area contributed by atoms with Gasteiger partial charge in [0, 0.05) is 12.0 Å². The number of primary amides is 1. The summed E-state index contributed by atoms with van der Waals surface area (Å²) in [6.45, 7) is 0. The summed E-state index contributed by atoms with van der Waals surface area (Å²) in [7, 11) is 0. The number of carbonyl (C=O) groups is 1. The third-order valence-corrected chi connectivity index (χ3v) is 1.87. The fourth-order valence-electron chi connectivity index (χ4n) is 1.20. The minimum Gasteiger partial charge on any atom is -0.508 e. The molecule has 0 saturated heterocycles. The van der Waals surface area contributed by atoms with Crippen molar-refractivity contribution in [3.63, 3.8) is 0 Å². The molecular weight excluding hydrogens is 180 g/mol. The van der Waals surface area contributed by atoms with Gasteiger partial charge in [-0.15, -0.1) is 0 Å². The molecule has 0 aliphatic heterocycles. The molecule has 3 N–H and O–H groups in total. The number of hydrogen-bond donors (Lipinski definition) is 2. The second-order valence-corrected chi connectivity index (χ2v) is 2.86. The van der Waals surface area contributed by atoms with Crippen LogP contribution in [0.15, 0.2) is 18.2 Å². The minimum absolute atomic E-state index is 0.000456. The Labute approximate surface area is 81.6 Å². The molecule has 0 bridgehead atoms. The number of amides is 1. The van der Waals surface area contributed by atoms with Crippen LogP contribution in [-0.2, 0) is 6.42 Å². The summed E-state index contributed by atoms with van der Waals surface area (Å²) in [5.41, 5.74) is 6.09. The van der Waals surface area contributed by atoms with Crippen molar-refractivity contribution < 1.29 is 9.90 Å². The average Bonchev–Trinajstić information content (AvgIpc) is 2.15. The van der Waals surface area contributed by atoms with Crippen molar-refractivity contribution in [3.8, 4) is 11.8 Å². The summed E-state index contributed by atoms with van der Waals surface area (Å²) in [6, 6.07) is 6.37. The molecule has 0 fully saturated rings. The molecule has 1 aromatic rings. The van der Waals surface area contributed by atoms with E-state index < -0.39 is 5.91 Å². The predicted molar refractivity (Wildman–Crippen MR) is 50.6 cm³/mol. The van der Waals surface area contributed by atoms with Gasteiger partial charge in [0.05, 0.1) is 6.07 Å². The van der Waals surface area contributed by atoms with Crippen LogP contribution in [0.5, 0.6) is 5.75 Å². The summed E-state index contributed by atoms with van der Waals surface area (Å²) in [4.78, 5) is 11.0. The number of nitrogens with zero attached hydrogens (tertiary/aromatic N) is 1. The molecular formula is C10H10N2O2. The maximum atomic E-state index is 11.0. The van der Waals surface area contributed by atoms with E-state index in [0.29, 0.717) is 18.4 Å². The molecule has 14 heavy (non-hydrogen) atoms. The van der Waals surface area contributed by atoms with Crippen LogP contribution in [0.4, 0.5) is 0 Å². The second-order valence-electron chi connectivity index (χ2n) is 2.86. The Bertz CT molecular complexity index is 394. The number of benzene rings is 1. The first-order chi connectivity index (χ1) is 6.65. The molecule has 0 radical (unpaired) electrons. The van der Waals surface area contributed by atoms with Gasteiger partial charge < -0.3 is 10.8 Å². The molecule has 0 heterocycles. The van der Waals surface area contributed by atoms with Crippen molar-refractivity contribution in [2.75, 3.05) is 0 Å². The lowest BCUT2D eigenvalue weighted by molar-refractivity contribution is 0.0999. The normalized spacial score (nSPS) is 9.36. The van der Waals surface area contributed by atoms with Crippen molar-refractivity contribution >= 4 is 5.91 Å². The first kappa shape index (κ1) is 10.1. The molecule has 72 valence electrons. The first-order valence-corrected chi connectivity index (χ1v) is 4.14. The van der Waals surface area contributed by atoms with E-state index in [-0.39, 0.29) is 11.3 Å². The number of aryl methyl sites for hydroxylation is 1. The van der Waals surface area contributed by atoms with Crippen molar-refractivity contribution in [3.05, 3.63) is 29.3 Å². The van der Waals surface area contributed by atoms with Gasteiger partial charge in [0.2, 0.25) is 5.91 Å². The molecule has 0 aliphatic carbocycles. The highest BCUT2D eigenvalue weighted by Crippen LogP contribution is 2.17. The monoisotopic (exact) mass is 190 g/mol. The van der Waals surface area contributed by atoms with E-state index in [9.17, 15) is 4.79 Å². The number of carbonyl (C=O) groups excluding carboxylic acids is 1. The molecule has 4 heteroatoms. The molecule has 0 saturated carbocycles. The largest absolute Gasteiger partial charge is 0.508 e. The maximum absolute atomic E-state index is 11.0. The maximum Gasteiger partial charge on any atom is 0.249 e. The fourth-order valence-corrected chi connectivity index (χ4v) is 1.20. The summed E-state index contributed by atoms with van der Waals surface area (Å²) < 4.78 is 0. The SMILES string of the molecule is N#CCCc1ccc(O)cc1C(N)=O. The molecule has 1 amide bonds. The van der Waals surface area contributed by atoms with Crippen molar-refractivity contribution in [2.45, 2.75) is 12.8 Å². The number of nitrogens with two attached hydrogens (primary N) is 1. The highest BCUT2D eigenvalue weighted by atomic mass is 16.3. The van der Waals surface area contributed by atoms with Gasteiger partial charge >= 0.3 is 0 Å². The number of rotatable bonds is 3. The van der Waals surface area contributed by atoms with Crippen LogP contribution in [0.2, 0.25) is 0 Å². The zero-order valence-electron chi connectivity index (χ0n) is 7.53. The zero-order valence-corrected chi connectivity index (χ0v) is 7.53. The number of hydrogen-bond acceptors (Lipinski definition) is 3. The molecule has 0 spiro atoms. The standard InChI is InChI=1S/C10H10N2O2/c11-5-1-2-7-3-4-8(13)6-9(7)10(12)14/h3-4,6,13H,1-2H2,(H2,12,14). The van der Waals surface area contributed by atoms with Gasteiger partial charge in [-0.1, -0.05) is 6.07 Å². The minimum atomic E-state index is -0.589. The van der Waals surface area contributed by atoms with E-state index in [0.717, 1.165) is 0 Å². The quantitative estimate of drug-likeness (QED) is 0.743. The number of phenolic OH excluding ortho intramolecular Hbond substituents is 1. The van der Waals surface area contributed by atoms with Crippen molar-refractivity contribution in [2.24, 2.45) is 5.73 Å². The van der Waals surface area contributed by atoms with Crippen LogP contribution >= 0.6 is 0 Å². The summed E-state index contributed by atoms with van der Waals surface area (Å²) >= 11 is 0. The van der Waals surface area contributed by atoms with Crippen molar-refractivity contribution in [1.29, 1.82) is 5.26 Å². The molecule has 0 aliphatic rings. The van der Waals surface area contributed by atoms with Gasteiger partial charge in [0.15, 0.2) is 0 Å². The first-order valence-electron chi connectivity index (χ1n) is 4.14. The Balaban J connectivity index is 3.03. The van der Waals surface area contributed by atoms with Gasteiger partial charge in [-0.3, -0.25) is 4.79 Å². The number of nitriles is 1.